The maximum absolute atomic E-state index is 2.95. The summed E-state index contributed by atoms with van der Waals surface area (Å²) >= 11 is 2.32. The van der Waals surface area contributed by atoms with Gasteiger partial charge < -0.3 is 9.80 Å². The molecule has 0 amide bonds. The van der Waals surface area contributed by atoms with Gasteiger partial charge in [-0.05, 0) is 211 Å². The average molecular weight is 951 g/mol. The summed E-state index contributed by atoms with van der Waals surface area (Å²) in [5.41, 5.74) is 23.9. The molecule has 70 heavy (non-hydrogen) atoms. The van der Waals surface area contributed by atoms with E-state index in [1.54, 1.807) is 60.4 Å². The maximum atomic E-state index is 2.95. The second-order valence-corrected chi connectivity index (χ2v) is 31.1. The quantitative estimate of drug-likeness (QED) is 0.189. The number of nitrogens with zero attached hydrogens (tertiary/aromatic N) is 2. The van der Waals surface area contributed by atoms with Crippen molar-refractivity contribution in [3.63, 3.8) is 0 Å². The van der Waals surface area contributed by atoms with E-state index in [9.17, 15) is 0 Å². The molecule has 4 aromatic carbocycles. The molecule has 2 nitrogen and oxygen atoms in total. The molecule has 2 unspecified atom stereocenters. The summed E-state index contributed by atoms with van der Waals surface area (Å²) in [6.45, 7) is 41.0. The Morgan fingerprint density at radius 2 is 0.886 bits per heavy atom. The van der Waals surface area contributed by atoms with Crippen LogP contribution < -0.4 is 20.7 Å². The Labute approximate surface area is 430 Å². The van der Waals surface area contributed by atoms with E-state index in [4.69, 9.17) is 0 Å². The van der Waals surface area contributed by atoms with E-state index in [0.29, 0.717) is 17.1 Å². The number of anilines is 5. The van der Waals surface area contributed by atoms with Crippen molar-refractivity contribution in [2.45, 2.75) is 238 Å². The number of rotatable bonds is 3. The van der Waals surface area contributed by atoms with Crippen LogP contribution in [0.25, 0.3) is 0 Å². The van der Waals surface area contributed by atoms with E-state index in [1.165, 1.54) is 112 Å². The number of hydrogen-bond acceptors (Lipinski definition) is 3. The summed E-state index contributed by atoms with van der Waals surface area (Å²) < 4.78 is 0. The lowest BCUT2D eigenvalue weighted by molar-refractivity contribution is 0.0881. The lowest BCUT2D eigenvalue weighted by Gasteiger charge is -2.52. The highest BCUT2D eigenvalue weighted by Gasteiger charge is 2.60. The highest BCUT2D eigenvalue weighted by molar-refractivity contribution is 8.06. The van der Waals surface area contributed by atoms with Crippen LogP contribution in [0.1, 0.15) is 239 Å². The van der Waals surface area contributed by atoms with Gasteiger partial charge in [0.25, 0.3) is 6.71 Å². The molecule has 2 saturated carbocycles. The molecule has 5 aliphatic carbocycles. The molecule has 3 heterocycles. The molecule has 8 aliphatic rings. The van der Waals surface area contributed by atoms with Gasteiger partial charge in [0.2, 0.25) is 0 Å². The molecule has 0 saturated heterocycles. The van der Waals surface area contributed by atoms with Crippen molar-refractivity contribution in [2.75, 3.05) is 9.80 Å². The number of allylic oxidation sites excluding steroid dienone is 1. The first-order chi connectivity index (χ1) is 32.6. The van der Waals surface area contributed by atoms with Crippen LogP contribution >= 0.6 is 11.8 Å². The van der Waals surface area contributed by atoms with Crippen LogP contribution in [0.5, 0.6) is 0 Å². The number of hydrogen-bond donors (Lipinski definition) is 0. The van der Waals surface area contributed by atoms with Crippen molar-refractivity contribution in [1.29, 1.82) is 0 Å². The van der Waals surface area contributed by atoms with Crippen molar-refractivity contribution in [1.82, 2.24) is 0 Å². The zero-order chi connectivity index (χ0) is 49.7. The summed E-state index contributed by atoms with van der Waals surface area (Å²) in [6.07, 6.45) is 16.5. The van der Waals surface area contributed by atoms with Gasteiger partial charge in [-0.3, -0.25) is 0 Å². The van der Waals surface area contributed by atoms with Gasteiger partial charge in [-0.1, -0.05) is 148 Å². The van der Waals surface area contributed by atoms with Crippen LogP contribution in [0.15, 0.2) is 71.2 Å². The molecule has 0 spiro atoms. The van der Waals surface area contributed by atoms with Gasteiger partial charge >= 0.3 is 0 Å². The zero-order valence-electron chi connectivity index (χ0n) is 46.6. The molecule has 0 radical (unpaired) electrons. The first kappa shape index (κ1) is 47.6. The molecular formula is C66H87BN2S. The Bertz CT molecular complexity index is 2890. The minimum Gasteiger partial charge on any atom is -0.314 e. The third-order valence-corrected chi connectivity index (χ3v) is 23.2. The van der Waals surface area contributed by atoms with Crippen molar-refractivity contribution < 1.29 is 0 Å². The SMILES string of the molecule is CC1(C)CCC(C)(C)c2cc(N3C4=C(SC5C4C(C)(C)CCC5(C)C)B4c5cc6c(cc5N(c5ccc7c(c5)C(C)(C)CCC7(C)C)c5cc(C7CCCCC7)cc3c54)C(C)(C)CCC6(C)C)ccc21. The Morgan fingerprint density at radius 1 is 0.443 bits per heavy atom. The summed E-state index contributed by atoms with van der Waals surface area (Å²) in [5.74, 6) is 1.01. The number of benzene rings is 4. The number of thioether (sulfide) groups is 1. The van der Waals surface area contributed by atoms with Crippen LogP contribution in [0.3, 0.4) is 0 Å². The van der Waals surface area contributed by atoms with Crippen LogP contribution in [0, 0.1) is 16.7 Å². The van der Waals surface area contributed by atoms with Crippen molar-refractivity contribution >= 4 is 57.8 Å². The van der Waals surface area contributed by atoms with Gasteiger partial charge in [-0.15, -0.1) is 11.8 Å². The molecule has 370 valence electrons. The fraction of sp³-hybridized carbons (Fsp3) is 0.606. The third kappa shape index (κ3) is 6.91. The maximum Gasteiger partial charge on any atom is 0.259 e. The van der Waals surface area contributed by atoms with Crippen molar-refractivity contribution in [3.8, 4) is 0 Å². The van der Waals surface area contributed by atoms with E-state index in [2.05, 4.69) is 193 Å². The zero-order valence-corrected chi connectivity index (χ0v) is 47.4. The van der Waals surface area contributed by atoms with Crippen LogP contribution in [-0.4, -0.2) is 12.0 Å². The molecule has 3 aliphatic heterocycles. The topological polar surface area (TPSA) is 6.48 Å². The summed E-state index contributed by atoms with van der Waals surface area (Å²) in [7, 11) is 0. The normalized spacial score (nSPS) is 27.6. The smallest absolute Gasteiger partial charge is 0.259 e. The van der Waals surface area contributed by atoms with E-state index in [-0.39, 0.29) is 50.0 Å². The largest absolute Gasteiger partial charge is 0.314 e. The Balaban J connectivity index is 1.22. The second-order valence-electron chi connectivity index (χ2n) is 29.9. The van der Waals surface area contributed by atoms with E-state index in [1.807, 2.05) is 0 Å². The minimum atomic E-state index is 0.0937. The van der Waals surface area contributed by atoms with E-state index >= 15 is 0 Å². The average Bonchev–Trinajstić information content (AvgIpc) is 3.73. The highest BCUT2D eigenvalue weighted by atomic mass is 32.2. The van der Waals surface area contributed by atoms with Crippen molar-refractivity contribution in [2.24, 2.45) is 16.7 Å². The van der Waals surface area contributed by atoms with Gasteiger partial charge in [0.1, 0.15) is 0 Å². The van der Waals surface area contributed by atoms with Gasteiger partial charge in [0.05, 0.1) is 0 Å². The molecule has 12 rings (SSSR count). The van der Waals surface area contributed by atoms with Gasteiger partial charge in [-0.25, -0.2) is 0 Å². The molecule has 0 aromatic heterocycles. The highest BCUT2D eigenvalue weighted by Crippen LogP contribution is 2.66. The van der Waals surface area contributed by atoms with E-state index in [0.717, 1.165) is 0 Å². The summed E-state index contributed by atoms with van der Waals surface area (Å²) in [4.78, 5) is 7.44. The molecule has 4 heteroatoms. The first-order valence-electron chi connectivity index (χ1n) is 28.3. The molecular weight excluding hydrogens is 864 g/mol. The van der Waals surface area contributed by atoms with Crippen LogP contribution in [0.2, 0.25) is 0 Å². The van der Waals surface area contributed by atoms with Crippen molar-refractivity contribution in [3.05, 3.63) is 110 Å². The first-order valence-corrected chi connectivity index (χ1v) is 29.2. The van der Waals surface area contributed by atoms with Gasteiger partial charge in [0.15, 0.2) is 0 Å². The predicted octanol–water partition coefficient (Wildman–Crippen LogP) is 17.7. The lowest BCUT2D eigenvalue weighted by atomic mass is 9.35. The molecule has 2 atom stereocenters. The molecule has 2 fully saturated rings. The fourth-order valence-electron chi connectivity index (χ4n) is 16.1. The third-order valence-electron chi connectivity index (χ3n) is 21.4. The fourth-order valence-corrected chi connectivity index (χ4v) is 18.1. The predicted molar refractivity (Wildman–Crippen MR) is 305 cm³/mol. The lowest BCUT2D eigenvalue weighted by Crippen LogP contribution is -2.56. The summed E-state index contributed by atoms with van der Waals surface area (Å²) in [5, 5.41) is 0.507. The summed E-state index contributed by atoms with van der Waals surface area (Å²) in [6, 6.07) is 26.8. The van der Waals surface area contributed by atoms with Crippen LogP contribution in [0.4, 0.5) is 28.4 Å². The van der Waals surface area contributed by atoms with Gasteiger partial charge in [0, 0.05) is 45.3 Å². The standard InChI is InChI=1S/C66H87BN2S/c1-59(2)26-28-61(5,6)46-36-42(22-24-44(46)59)68-51-39-49-48(63(9,10)30-31-64(49,11)12)38-50(51)67-55-52(68)34-41(40-20-18-17-19-21-40)35-53(55)69(43-23-25-45-47(37-43)62(7,8)29-27-60(45,3)4)56-54-57(70-58(56)67)66(15,16)33-32-65(54,13)14/h22-25,34-40,54,57H,17-21,26-33H2,1-16H3. The number of fused-ring (bicyclic) bond motifs is 8. The Kier molecular flexibility index (Phi) is 10.3. The van der Waals surface area contributed by atoms with Gasteiger partial charge in [-0.2, -0.15) is 0 Å². The van der Waals surface area contributed by atoms with Crippen LogP contribution in [-0.2, 0) is 32.5 Å². The molecule has 0 N–H and O–H groups in total. The molecule has 0 bridgehead atoms. The minimum absolute atomic E-state index is 0.0937. The monoisotopic (exact) mass is 951 g/mol. The Morgan fingerprint density at radius 3 is 1.41 bits per heavy atom. The Hall–Kier alpha value is -3.37. The molecule has 4 aromatic rings. The van der Waals surface area contributed by atoms with E-state index < -0.39 is 0 Å². The second kappa shape index (κ2) is 15.1.